The molecule has 0 fully saturated rings. The van der Waals surface area contributed by atoms with Gasteiger partial charge in [-0.05, 0) is 64.7 Å². The summed E-state index contributed by atoms with van der Waals surface area (Å²) in [4.78, 5) is 81.8. The Morgan fingerprint density at radius 2 is 1.02 bits per heavy atom. The van der Waals surface area contributed by atoms with Gasteiger partial charge in [-0.15, -0.1) is 0 Å². The third-order valence-corrected chi connectivity index (χ3v) is 9.38. The molecule has 0 spiro atoms. The van der Waals surface area contributed by atoms with Gasteiger partial charge >= 0.3 is 11.9 Å². The van der Waals surface area contributed by atoms with Crippen LogP contribution in [-0.4, -0.2) is 116 Å². The lowest BCUT2D eigenvalue weighted by atomic mass is 10.0. The summed E-state index contributed by atoms with van der Waals surface area (Å²) in [5, 5.41) is 28.8. The maximum Gasteiger partial charge on any atom is 0.326 e. The predicted molar refractivity (Wildman–Crippen MR) is 216 cm³/mol. The highest BCUT2D eigenvalue weighted by Gasteiger charge is 2.21. The summed E-state index contributed by atoms with van der Waals surface area (Å²) < 4.78 is 10.7. The lowest BCUT2D eigenvalue weighted by Gasteiger charge is -2.14. The summed E-state index contributed by atoms with van der Waals surface area (Å²) in [5.41, 5.74) is 11.6. The van der Waals surface area contributed by atoms with E-state index in [4.69, 9.17) is 26.0 Å². The second-order valence-corrected chi connectivity index (χ2v) is 14.6. The molecule has 57 heavy (non-hydrogen) atoms. The third kappa shape index (κ3) is 35.2. The fourth-order valence-electron chi connectivity index (χ4n) is 5.80. The lowest BCUT2D eigenvalue weighted by Crippen LogP contribution is -2.41. The Balaban J connectivity index is 3.74. The van der Waals surface area contributed by atoms with Crippen LogP contribution in [0.25, 0.3) is 0 Å². The molecule has 0 unspecified atom stereocenters. The van der Waals surface area contributed by atoms with E-state index in [2.05, 4.69) is 21.3 Å². The first-order valence-corrected chi connectivity index (χ1v) is 21.1. The van der Waals surface area contributed by atoms with Crippen molar-refractivity contribution in [3.63, 3.8) is 0 Å². The van der Waals surface area contributed by atoms with E-state index in [1.807, 2.05) is 0 Å². The highest BCUT2D eigenvalue weighted by molar-refractivity contribution is 5.84. The van der Waals surface area contributed by atoms with Crippen molar-refractivity contribution < 1.29 is 53.2 Å². The minimum Gasteiger partial charge on any atom is -0.481 e. The summed E-state index contributed by atoms with van der Waals surface area (Å²) >= 11 is 0. The van der Waals surface area contributed by atoms with E-state index in [1.165, 1.54) is 26.2 Å². The third-order valence-electron chi connectivity index (χ3n) is 9.38. The molecule has 4 amide bonds. The van der Waals surface area contributed by atoms with Crippen molar-refractivity contribution in [1.29, 1.82) is 0 Å². The Hall–Kier alpha value is -3.67. The quantitative estimate of drug-likeness (QED) is 0.0414. The van der Waals surface area contributed by atoms with E-state index in [0.29, 0.717) is 51.6 Å². The SMILES string of the molecule is CC(=O)[C@@H](N)CCCCNC(=O)[C@@H](N)CCCCNC(=O)COCCOCCNC(=O)CC[C@H](NC(=O)CCCCCCCCCCCCCCC(=O)O)C(=O)O. The van der Waals surface area contributed by atoms with Crippen LogP contribution >= 0.6 is 0 Å². The van der Waals surface area contributed by atoms with Gasteiger partial charge in [0.25, 0.3) is 0 Å². The van der Waals surface area contributed by atoms with Crippen LogP contribution in [-0.2, 0) is 43.0 Å². The first-order valence-electron chi connectivity index (χ1n) is 21.1. The molecule has 0 aromatic heterocycles. The van der Waals surface area contributed by atoms with Crippen LogP contribution in [0.5, 0.6) is 0 Å². The topological polar surface area (TPSA) is 279 Å². The number of carbonyl (C=O) groups is 7. The van der Waals surface area contributed by atoms with Gasteiger partial charge in [0.15, 0.2) is 0 Å². The van der Waals surface area contributed by atoms with Gasteiger partial charge in [-0.2, -0.15) is 0 Å². The van der Waals surface area contributed by atoms with Crippen molar-refractivity contribution in [1.82, 2.24) is 21.3 Å². The number of aliphatic carboxylic acids is 2. The summed E-state index contributed by atoms with van der Waals surface area (Å²) in [5.74, 6) is -3.16. The minimum absolute atomic E-state index is 0.0291. The van der Waals surface area contributed by atoms with Crippen LogP contribution in [0.4, 0.5) is 0 Å². The first kappa shape index (κ1) is 53.3. The Bertz CT molecular complexity index is 1140. The Labute approximate surface area is 339 Å². The van der Waals surface area contributed by atoms with Crippen molar-refractivity contribution in [2.75, 3.05) is 46.1 Å². The van der Waals surface area contributed by atoms with Gasteiger partial charge in [0.1, 0.15) is 18.4 Å². The minimum atomic E-state index is -1.19. The molecule has 0 aromatic rings. The normalized spacial score (nSPS) is 12.6. The van der Waals surface area contributed by atoms with Gasteiger partial charge in [0, 0.05) is 38.9 Å². The number of hydrogen-bond acceptors (Lipinski definition) is 11. The number of amides is 4. The molecule has 0 radical (unpaired) electrons. The van der Waals surface area contributed by atoms with Crippen molar-refractivity contribution in [2.24, 2.45) is 11.5 Å². The first-order chi connectivity index (χ1) is 27.3. The molecule has 0 aliphatic carbocycles. The zero-order chi connectivity index (χ0) is 42.5. The average Bonchev–Trinajstić information content (AvgIpc) is 3.16. The Morgan fingerprint density at radius 1 is 0.509 bits per heavy atom. The van der Waals surface area contributed by atoms with Crippen molar-refractivity contribution >= 4 is 41.4 Å². The van der Waals surface area contributed by atoms with E-state index >= 15 is 0 Å². The van der Waals surface area contributed by atoms with E-state index in [1.54, 1.807) is 0 Å². The molecule has 3 atom stereocenters. The van der Waals surface area contributed by atoms with Crippen LogP contribution < -0.4 is 32.7 Å². The Kier molecular flexibility index (Phi) is 34.3. The maximum atomic E-state index is 12.3. The number of hydrogen-bond donors (Lipinski definition) is 8. The standard InChI is InChI=1S/C40H74N6O11/c1-31(47)32(41)18-14-17-25-45-39(53)33(42)19-15-16-24-43-37(50)30-57-29-28-56-27-26-44-35(48)23-22-34(40(54)55)46-36(49)20-12-10-8-6-4-2-3-5-7-9-11-13-21-38(51)52/h32-34H,2-30,41-42H2,1H3,(H,43,50)(H,44,48)(H,45,53)(H,46,49)(H,51,52)(H,54,55)/t32-,33-,34-/m0/s1. The number of ether oxygens (including phenoxy) is 2. The molecule has 330 valence electrons. The van der Waals surface area contributed by atoms with Gasteiger partial charge in [0.2, 0.25) is 23.6 Å². The summed E-state index contributed by atoms with van der Waals surface area (Å²) in [6, 6.07) is -2.24. The molecule has 0 heterocycles. The number of ketones is 1. The molecule has 0 bridgehead atoms. The zero-order valence-electron chi connectivity index (χ0n) is 34.5. The monoisotopic (exact) mass is 815 g/mol. The molecule has 0 aliphatic heterocycles. The number of unbranched alkanes of at least 4 members (excludes halogenated alkanes) is 13. The summed E-state index contributed by atoms with van der Waals surface area (Å²) in [6.07, 6.45) is 16.6. The van der Waals surface area contributed by atoms with Crippen LogP contribution in [0.15, 0.2) is 0 Å². The molecule has 0 saturated heterocycles. The number of Topliss-reactive ketones (excluding diaryl/α,β-unsaturated/α-hetero) is 1. The highest BCUT2D eigenvalue weighted by Crippen LogP contribution is 2.13. The van der Waals surface area contributed by atoms with Gasteiger partial charge < -0.3 is 52.4 Å². The van der Waals surface area contributed by atoms with Gasteiger partial charge in [-0.3, -0.25) is 28.8 Å². The van der Waals surface area contributed by atoms with Gasteiger partial charge in [-0.25, -0.2) is 4.79 Å². The van der Waals surface area contributed by atoms with E-state index in [9.17, 15) is 38.7 Å². The number of rotatable bonds is 40. The number of nitrogens with two attached hydrogens (primary N) is 2. The molecular weight excluding hydrogens is 740 g/mol. The second-order valence-electron chi connectivity index (χ2n) is 14.6. The summed E-state index contributed by atoms with van der Waals surface area (Å²) in [7, 11) is 0. The van der Waals surface area contributed by atoms with Crippen LogP contribution in [0.2, 0.25) is 0 Å². The molecule has 0 aromatic carbocycles. The molecular formula is C40H74N6O11. The van der Waals surface area contributed by atoms with E-state index < -0.39 is 30.1 Å². The highest BCUT2D eigenvalue weighted by atomic mass is 16.5. The Morgan fingerprint density at radius 3 is 1.58 bits per heavy atom. The fourth-order valence-corrected chi connectivity index (χ4v) is 5.80. The summed E-state index contributed by atoms with van der Waals surface area (Å²) in [6.45, 7) is 3.02. The zero-order valence-corrected chi connectivity index (χ0v) is 34.5. The van der Waals surface area contributed by atoms with Gasteiger partial charge in [0.05, 0.1) is 31.9 Å². The molecule has 17 heteroatoms. The van der Waals surface area contributed by atoms with Crippen LogP contribution in [0, 0.1) is 0 Å². The van der Waals surface area contributed by atoms with Crippen molar-refractivity contribution in [3.05, 3.63) is 0 Å². The second kappa shape index (κ2) is 36.7. The van der Waals surface area contributed by atoms with E-state index in [0.717, 1.165) is 57.8 Å². The van der Waals surface area contributed by atoms with Crippen molar-refractivity contribution in [2.45, 2.75) is 166 Å². The van der Waals surface area contributed by atoms with E-state index in [-0.39, 0.29) is 88.1 Å². The number of nitrogens with one attached hydrogen (secondary N) is 4. The number of carboxylic acids is 2. The fraction of sp³-hybridized carbons (Fsp3) is 0.825. The molecule has 0 saturated carbocycles. The molecule has 0 rings (SSSR count). The van der Waals surface area contributed by atoms with Crippen LogP contribution in [0.1, 0.15) is 148 Å². The predicted octanol–water partition coefficient (Wildman–Crippen LogP) is 2.85. The molecule has 10 N–H and O–H groups in total. The van der Waals surface area contributed by atoms with Crippen LogP contribution in [0.3, 0.4) is 0 Å². The number of carboxylic acid groups (broad SMARTS) is 2. The lowest BCUT2D eigenvalue weighted by molar-refractivity contribution is -0.142. The smallest absolute Gasteiger partial charge is 0.326 e. The molecule has 17 nitrogen and oxygen atoms in total. The largest absolute Gasteiger partial charge is 0.481 e. The number of carbonyl (C=O) groups excluding carboxylic acids is 5. The maximum absolute atomic E-state index is 12.3. The van der Waals surface area contributed by atoms with Gasteiger partial charge in [-0.1, -0.05) is 64.2 Å². The molecule has 0 aliphatic rings. The van der Waals surface area contributed by atoms with Crippen molar-refractivity contribution in [3.8, 4) is 0 Å². The average molecular weight is 815 g/mol.